The van der Waals surface area contributed by atoms with Crippen molar-refractivity contribution in [2.45, 2.75) is 63.9 Å². The van der Waals surface area contributed by atoms with Crippen LogP contribution in [0.4, 0.5) is 27.1 Å². The number of nitrogens with one attached hydrogen (secondary N) is 2. The van der Waals surface area contributed by atoms with E-state index in [1.165, 1.54) is 17.2 Å². The van der Waals surface area contributed by atoms with Gasteiger partial charge in [-0.25, -0.2) is 4.39 Å². The van der Waals surface area contributed by atoms with Crippen molar-refractivity contribution in [2.75, 3.05) is 40.3 Å². The van der Waals surface area contributed by atoms with Crippen LogP contribution in [0.3, 0.4) is 0 Å². The van der Waals surface area contributed by atoms with Gasteiger partial charge >= 0.3 is 0 Å². The minimum atomic E-state index is -0.752. The first kappa shape index (κ1) is 36.3. The topological polar surface area (TPSA) is 154 Å². The van der Waals surface area contributed by atoms with Gasteiger partial charge in [-0.1, -0.05) is 12.1 Å². The molecule has 270 valence electrons. The quantitative estimate of drug-likeness (QED) is 0.181. The van der Waals surface area contributed by atoms with Crippen molar-refractivity contribution in [3.05, 3.63) is 107 Å². The summed E-state index contributed by atoms with van der Waals surface area (Å²) in [6, 6.07) is 15.3. The molecule has 0 atom stereocenters. The first-order valence-electron chi connectivity index (χ1n) is 17.1. The average molecular weight is 709 g/mol. The van der Waals surface area contributed by atoms with Crippen molar-refractivity contribution in [1.29, 1.82) is 0 Å². The fraction of sp³-hybridized carbons (Fsp3) is 0.333. The van der Waals surface area contributed by atoms with Crippen LogP contribution >= 0.6 is 0 Å². The Kier molecular flexibility index (Phi) is 10.2. The number of carbonyl (C=O) groups is 4. The Bertz CT molecular complexity index is 2020. The molecule has 0 saturated heterocycles. The summed E-state index contributed by atoms with van der Waals surface area (Å²) in [6.07, 6.45) is 8.99. The molecule has 4 amide bonds. The van der Waals surface area contributed by atoms with Gasteiger partial charge in [-0.3, -0.25) is 34.0 Å². The Balaban J connectivity index is 0.000000181. The zero-order chi connectivity index (χ0) is 37.2. The summed E-state index contributed by atoms with van der Waals surface area (Å²) >= 11 is 0. The van der Waals surface area contributed by atoms with Gasteiger partial charge in [-0.15, -0.1) is 0 Å². The lowest BCUT2D eigenvalue weighted by molar-refractivity contribution is -0.123. The molecule has 13 heteroatoms. The van der Waals surface area contributed by atoms with Crippen LogP contribution in [0, 0.1) is 5.82 Å². The molecule has 0 bridgehead atoms. The van der Waals surface area contributed by atoms with Gasteiger partial charge in [-0.2, -0.15) is 0 Å². The molecule has 0 radical (unpaired) electrons. The smallest absolute Gasteiger partial charge is 0.258 e. The summed E-state index contributed by atoms with van der Waals surface area (Å²) < 4.78 is 19.3. The fourth-order valence-electron chi connectivity index (χ4n) is 6.38. The molecule has 2 aromatic carbocycles. The molecule has 7 rings (SSSR count). The summed E-state index contributed by atoms with van der Waals surface area (Å²) in [5, 5.41) is 15.0. The van der Waals surface area contributed by atoms with E-state index in [9.17, 15) is 28.7 Å². The summed E-state index contributed by atoms with van der Waals surface area (Å²) in [5.74, 6) is -1.66. The number of hydrogen-bond acceptors (Lipinski definition) is 8. The van der Waals surface area contributed by atoms with Gasteiger partial charge in [0, 0.05) is 54.4 Å². The van der Waals surface area contributed by atoms with Crippen LogP contribution in [-0.4, -0.2) is 64.7 Å². The van der Waals surface area contributed by atoms with Gasteiger partial charge in [0.1, 0.15) is 6.73 Å². The zero-order valence-corrected chi connectivity index (χ0v) is 29.5. The van der Waals surface area contributed by atoms with E-state index < -0.39 is 29.3 Å². The summed E-state index contributed by atoms with van der Waals surface area (Å²) in [6.45, 7) is 8.27. The van der Waals surface area contributed by atoms with Crippen LogP contribution in [0.25, 0.3) is 0 Å². The second-order valence-corrected chi connectivity index (χ2v) is 14.0. The van der Waals surface area contributed by atoms with Gasteiger partial charge in [-0.05, 0) is 101 Å². The van der Waals surface area contributed by atoms with Crippen molar-refractivity contribution < 1.29 is 33.4 Å². The number of anilines is 4. The molecule has 0 spiro atoms. The molecule has 12 nitrogen and oxygen atoms in total. The molecular formula is C39H41FN6O6. The number of amides is 4. The van der Waals surface area contributed by atoms with E-state index in [-0.39, 0.29) is 23.3 Å². The van der Waals surface area contributed by atoms with Gasteiger partial charge in [0.05, 0.1) is 34.4 Å². The van der Waals surface area contributed by atoms with E-state index in [1.807, 2.05) is 36.9 Å². The first-order valence-corrected chi connectivity index (χ1v) is 17.1. The zero-order valence-electron chi connectivity index (χ0n) is 29.5. The van der Waals surface area contributed by atoms with Gasteiger partial charge < -0.3 is 25.4 Å². The highest BCUT2D eigenvalue weighted by atomic mass is 19.1. The summed E-state index contributed by atoms with van der Waals surface area (Å²) in [4.78, 5) is 60.5. The summed E-state index contributed by atoms with van der Waals surface area (Å²) in [7, 11) is 0. The second-order valence-electron chi connectivity index (χ2n) is 14.0. The predicted molar refractivity (Wildman–Crippen MR) is 194 cm³/mol. The van der Waals surface area contributed by atoms with Crippen LogP contribution in [0.1, 0.15) is 78.8 Å². The SMILES string of the molecule is CC1(C)C(=O)N(CCCOC2CC2)c2cc(NC(=O)c3ccncc3)ccc21.CC1(C)C(=O)N(CO)c2cc(NC(=O)c3ccncc3F)ccc21. The van der Waals surface area contributed by atoms with Crippen molar-refractivity contribution in [2.24, 2.45) is 0 Å². The number of aliphatic hydroxyl groups is 1. The number of benzene rings is 2. The lowest BCUT2D eigenvalue weighted by Gasteiger charge is -2.20. The van der Waals surface area contributed by atoms with Crippen LogP contribution in [0.5, 0.6) is 0 Å². The Morgan fingerprint density at radius 1 is 0.827 bits per heavy atom. The maximum Gasteiger partial charge on any atom is 0.258 e. The Hall–Kier alpha value is -5.53. The minimum absolute atomic E-state index is 0.0894. The number of aromatic nitrogens is 2. The molecule has 52 heavy (non-hydrogen) atoms. The average Bonchev–Trinajstić information content (AvgIpc) is 3.91. The molecule has 3 aliphatic rings. The molecule has 1 saturated carbocycles. The third-order valence-corrected chi connectivity index (χ3v) is 9.50. The maximum atomic E-state index is 13.6. The van der Waals surface area contributed by atoms with Crippen molar-refractivity contribution in [1.82, 2.24) is 9.97 Å². The van der Waals surface area contributed by atoms with Crippen molar-refractivity contribution in [3.8, 4) is 0 Å². The molecule has 3 N–H and O–H groups in total. The molecule has 4 heterocycles. The van der Waals surface area contributed by atoms with E-state index in [1.54, 1.807) is 56.6 Å². The molecule has 4 aromatic rings. The number of ether oxygens (including phenoxy) is 1. The van der Waals surface area contributed by atoms with Crippen molar-refractivity contribution in [3.63, 3.8) is 0 Å². The van der Waals surface area contributed by atoms with Crippen LogP contribution in [0.15, 0.2) is 79.4 Å². The Morgan fingerprint density at radius 3 is 1.96 bits per heavy atom. The van der Waals surface area contributed by atoms with E-state index in [4.69, 9.17) is 4.74 Å². The Labute approximate surface area is 301 Å². The molecule has 0 unspecified atom stereocenters. The molecule has 1 aliphatic carbocycles. The van der Waals surface area contributed by atoms with Gasteiger partial charge in [0.25, 0.3) is 11.8 Å². The van der Waals surface area contributed by atoms with E-state index in [0.717, 1.165) is 42.3 Å². The number of rotatable bonds is 10. The Morgan fingerprint density at radius 2 is 1.38 bits per heavy atom. The molecule has 2 aliphatic heterocycles. The lowest BCUT2D eigenvalue weighted by Crippen LogP contribution is -2.37. The predicted octanol–water partition coefficient (Wildman–Crippen LogP) is 5.57. The number of halogens is 1. The van der Waals surface area contributed by atoms with Crippen LogP contribution in [0.2, 0.25) is 0 Å². The number of pyridine rings is 2. The normalized spacial score (nSPS) is 16.5. The third kappa shape index (κ3) is 7.28. The van der Waals surface area contributed by atoms with Crippen LogP contribution < -0.4 is 20.4 Å². The maximum absolute atomic E-state index is 13.6. The number of aliphatic hydroxyl groups excluding tert-OH is 1. The number of hydrogen-bond donors (Lipinski definition) is 3. The molecule has 1 fully saturated rings. The third-order valence-electron chi connectivity index (χ3n) is 9.50. The number of nitrogens with zero attached hydrogens (tertiary/aromatic N) is 4. The highest BCUT2D eigenvalue weighted by Gasteiger charge is 2.44. The van der Waals surface area contributed by atoms with Crippen LogP contribution in [-0.2, 0) is 25.2 Å². The second kappa shape index (κ2) is 14.6. The molecular weight excluding hydrogens is 667 g/mol. The highest BCUT2D eigenvalue weighted by molar-refractivity contribution is 6.10. The van der Waals surface area contributed by atoms with Gasteiger partial charge in [0.15, 0.2) is 5.82 Å². The van der Waals surface area contributed by atoms with E-state index in [0.29, 0.717) is 41.9 Å². The monoisotopic (exact) mass is 708 g/mol. The standard InChI is InChI=1S/C22H25N3O3.C17H16FN3O3/c1-22(2)18-7-4-16(24-20(26)15-8-10-23-11-9-15)14-19(18)25(21(22)27)12-3-13-28-17-5-6-17;1-17(2)12-4-3-10(7-14(12)21(9-22)16(17)24)20-15(23)11-5-6-19-8-13(11)18/h4,7-11,14,17H,3,5-6,12-13H2,1-2H3,(H,24,26);3-8,22H,9H2,1-2H3,(H,20,23). The fourth-order valence-corrected chi connectivity index (χ4v) is 6.38. The number of carbonyl (C=O) groups excluding carboxylic acids is 4. The molecule has 2 aromatic heterocycles. The minimum Gasteiger partial charge on any atom is -0.378 e. The first-order chi connectivity index (χ1) is 24.8. The van der Waals surface area contributed by atoms with Crippen molar-refractivity contribution >= 4 is 46.4 Å². The summed E-state index contributed by atoms with van der Waals surface area (Å²) in [5.41, 5.74) is 3.32. The van der Waals surface area contributed by atoms with E-state index >= 15 is 0 Å². The highest BCUT2D eigenvalue weighted by Crippen LogP contribution is 2.44. The number of fused-ring (bicyclic) bond motifs is 2. The van der Waals surface area contributed by atoms with E-state index in [2.05, 4.69) is 20.6 Å². The van der Waals surface area contributed by atoms with Gasteiger partial charge in [0.2, 0.25) is 11.8 Å². The lowest BCUT2D eigenvalue weighted by atomic mass is 9.86. The largest absolute Gasteiger partial charge is 0.378 e.